The lowest BCUT2D eigenvalue weighted by molar-refractivity contribution is 0.230. The van der Waals surface area contributed by atoms with Gasteiger partial charge in [0.05, 0.1) is 6.54 Å². The highest BCUT2D eigenvalue weighted by molar-refractivity contribution is 14.0. The molecule has 0 spiro atoms. The number of guanidine groups is 1. The van der Waals surface area contributed by atoms with E-state index < -0.39 is 0 Å². The number of rotatable bonds is 7. The molecule has 1 aromatic rings. The van der Waals surface area contributed by atoms with Gasteiger partial charge in [-0.05, 0) is 25.5 Å². The van der Waals surface area contributed by atoms with Gasteiger partial charge in [0.2, 0.25) is 0 Å². The smallest absolute Gasteiger partial charge is 0.188 e. The van der Waals surface area contributed by atoms with Crippen LogP contribution in [0.3, 0.4) is 0 Å². The third kappa shape index (κ3) is 8.69. The summed E-state index contributed by atoms with van der Waals surface area (Å²) in [5.74, 6) is 1.35. The molecule has 0 saturated carbocycles. The maximum absolute atomic E-state index is 5.74. The van der Waals surface area contributed by atoms with Crippen molar-refractivity contribution in [2.45, 2.75) is 32.8 Å². The molecule has 3 N–H and O–H groups in total. The van der Waals surface area contributed by atoms with Crippen LogP contribution in [0.2, 0.25) is 0 Å². The van der Waals surface area contributed by atoms with Crippen LogP contribution in [0.1, 0.15) is 26.7 Å². The summed E-state index contributed by atoms with van der Waals surface area (Å²) in [6.45, 7) is 5.56. The molecule has 0 aliphatic carbocycles. The fourth-order valence-corrected chi connectivity index (χ4v) is 1.44. The average molecular weight is 377 g/mol. The first-order valence-corrected chi connectivity index (χ1v) is 6.48. The number of benzene rings is 1. The van der Waals surface area contributed by atoms with Gasteiger partial charge >= 0.3 is 0 Å². The zero-order chi connectivity index (χ0) is 13.2. The van der Waals surface area contributed by atoms with Crippen LogP contribution in [0.4, 0.5) is 0 Å². The molecule has 108 valence electrons. The molecular formula is C14H24IN3O. The molecule has 0 aliphatic heterocycles. The Kier molecular flexibility index (Phi) is 10.3. The summed E-state index contributed by atoms with van der Waals surface area (Å²) < 4.78 is 5.70. The fourth-order valence-electron chi connectivity index (χ4n) is 1.44. The van der Waals surface area contributed by atoms with Crippen molar-refractivity contribution < 1.29 is 4.74 Å². The highest BCUT2D eigenvalue weighted by Gasteiger charge is 2.02. The Bertz CT molecular complexity index is 357. The quantitative estimate of drug-likeness (QED) is 0.333. The molecule has 0 fully saturated rings. The van der Waals surface area contributed by atoms with Gasteiger partial charge in [0.25, 0.3) is 0 Å². The summed E-state index contributed by atoms with van der Waals surface area (Å²) in [5.41, 5.74) is 5.74. The highest BCUT2D eigenvalue weighted by atomic mass is 127. The molecule has 19 heavy (non-hydrogen) atoms. The van der Waals surface area contributed by atoms with E-state index in [4.69, 9.17) is 10.5 Å². The van der Waals surface area contributed by atoms with Gasteiger partial charge < -0.3 is 15.8 Å². The Labute approximate surface area is 132 Å². The van der Waals surface area contributed by atoms with E-state index in [9.17, 15) is 0 Å². The van der Waals surface area contributed by atoms with Crippen LogP contribution in [-0.2, 0) is 0 Å². The zero-order valence-corrected chi connectivity index (χ0v) is 14.0. The van der Waals surface area contributed by atoms with E-state index in [1.165, 1.54) is 0 Å². The average Bonchev–Trinajstić information content (AvgIpc) is 2.38. The molecule has 1 atom stereocenters. The van der Waals surface area contributed by atoms with Crippen LogP contribution in [0.25, 0.3) is 0 Å². The SMILES string of the molecule is CCCCNC(N)=NCC(C)Oc1ccccc1.I. The van der Waals surface area contributed by atoms with Gasteiger partial charge in [0.1, 0.15) is 11.9 Å². The molecule has 0 aliphatic rings. The maximum Gasteiger partial charge on any atom is 0.188 e. The van der Waals surface area contributed by atoms with Crippen molar-refractivity contribution in [3.05, 3.63) is 30.3 Å². The van der Waals surface area contributed by atoms with Gasteiger partial charge in [0.15, 0.2) is 5.96 Å². The van der Waals surface area contributed by atoms with Crippen molar-refractivity contribution in [2.75, 3.05) is 13.1 Å². The fraction of sp³-hybridized carbons (Fsp3) is 0.500. The Morgan fingerprint density at radius 2 is 2.05 bits per heavy atom. The summed E-state index contributed by atoms with van der Waals surface area (Å²) in [5, 5.41) is 3.07. The van der Waals surface area contributed by atoms with Gasteiger partial charge in [-0.2, -0.15) is 0 Å². The van der Waals surface area contributed by atoms with E-state index in [0.717, 1.165) is 25.1 Å². The van der Waals surface area contributed by atoms with Gasteiger partial charge in [0, 0.05) is 6.54 Å². The number of nitrogens with one attached hydrogen (secondary N) is 1. The second-order valence-electron chi connectivity index (χ2n) is 4.25. The Morgan fingerprint density at radius 3 is 2.68 bits per heavy atom. The number of ether oxygens (including phenoxy) is 1. The maximum atomic E-state index is 5.74. The standard InChI is InChI=1S/C14H23N3O.HI/c1-3-4-10-16-14(15)17-11-12(2)18-13-8-6-5-7-9-13;/h5-9,12H,3-4,10-11H2,1-2H3,(H3,15,16,17);1H. The Morgan fingerprint density at radius 1 is 1.37 bits per heavy atom. The van der Waals surface area contributed by atoms with E-state index in [1.54, 1.807) is 0 Å². The van der Waals surface area contributed by atoms with Gasteiger partial charge in [-0.1, -0.05) is 31.5 Å². The predicted octanol–water partition coefficient (Wildman–Crippen LogP) is 2.78. The lowest BCUT2D eigenvalue weighted by atomic mass is 10.3. The summed E-state index contributed by atoms with van der Waals surface area (Å²) in [6.07, 6.45) is 2.26. The van der Waals surface area contributed by atoms with Crippen molar-refractivity contribution >= 4 is 29.9 Å². The van der Waals surface area contributed by atoms with Crippen molar-refractivity contribution in [3.63, 3.8) is 0 Å². The van der Waals surface area contributed by atoms with Crippen molar-refractivity contribution in [1.82, 2.24) is 5.32 Å². The lowest BCUT2D eigenvalue weighted by Gasteiger charge is -2.13. The summed E-state index contributed by atoms with van der Waals surface area (Å²) in [6, 6.07) is 9.73. The number of hydrogen-bond donors (Lipinski definition) is 2. The van der Waals surface area contributed by atoms with Crippen LogP contribution in [0, 0.1) is 0 Å². The minimum absolute atomic E-state index is 0. The molecule has 0 saturated heterocycles. The second kappa shape index (κ2) is 10.9. The van der Waals surface area contributed by atoms with Gasteiger partial charge in [-0.15, -0.1) is 24.0 Å². The molecule has 1 rings (SSSR count). The van der Waals surface area contributed by atoms with E-state index in [2.05, 4.69) is 17.2 Å². The predicted molar refractivity (Wildman–Crippen MR) is 91.3 cm³/mol. The van der Waals surface area contributed by atoms with E-state index in [-0.39, 0.29) is 30.1 Å². The summed E-state index contributed by atoms with van der Waals surface area (Å²) >= 11 is 0. The summed E-state index contributed by atoms with van der Waals surface area (Å²) in [7, 11) is 0. The number of aliphatic imine (C=N–C) groups is 1. The zero-order valence-electron chi connectivity index (χ0n) is 11.6. The number of unbranched alkanes of at least 4 members (excludes halogenated alkanes) is 1. The van der Waals surface area contributed by atoms with Crippen LogP contribution in [0.5, 0.6) is 5.75 Å². The molecule has 0 heterocycles. The van der Waals surface area contributed by atoms with Crippen molar-refractivity contribution in [1.29, 1.82) is 0 Å². The van der Waals surface area contributed by atoms with E-state index in [1.807, 2.05) is 37.3 Å². The third-order valence-electron chi connectivity index (χ3n) is 2.44. The van der Waals surface area contributed by atoms with Crippen LogP contribution >= 0.6 is 24.0 Å². The molecule has 0 radical (unpaired) electrons. The minimum atomic E-state index is 0. The van der Waals surface area contributed by atoms with Crippen LogP contribution in [-0.4, -0.2) is 25.2 Å². The second-order valence-corrected chi connectivity index (χ2v) is 4.25. The number of nitrogens with zero attached hydrogens (tertiary/aromatic N) is 1. The highest BCUT2D eigenvalue weighted by Crippen LogP contribution is 2.10. The van der Waals surface area contributed by atoms with Crippen LogP contribution < -0.4 is 15.8 Å². The Balaban J connectivity index is 0.00000324. The summed E-state index contributed by atoms with van der Waals surface area (Å²) in [4.78, 5) is 4.25. The first kappa shape index (κ1) is 18.0. The van der Waals surface area contributed by atoms with Crippen molar-refractivity contribution in [2.24, 2.45) is 10.7 Å². The largest absolute Gasteiger partial charge is 0.489 e. The van der Waals surface area contributed by atoms with Crippen molar-refractivity contribution in [3.8, 4) is 5.75 Å². The first-order valence-electron chi connectivity index (χ1n) is 6.48. The topological polar surface area (TPSA) is 59.6 Å². The monoisotopic (exact) mass is 377 g/mol. The molecule has 1 unspecified atom stereocenters. The molecular weight excluding hydrogens is 353 g/mol. The molecule has 4 nitrogen and oxygen atoms in total. The van der Waals surface area contributed by atoms with Gasteiger partial charge in [-0.25, -0.2) is 4.99 Å². The molecule has 0 aromatic heterocycles. The molecule has 0 amide bonds. The number of hydrogen-bond acceptors (Lipinski definition) is 2. The molecule has 0 bridgehead atoms. The molecule has 5 heteroatoms. The number of nitrogens with two attached hydrogens (primary N) is 1. The number of halogens is 1. The van der Waals surface area contributed by atoms with E-state index in [0.29, 0.717) is 12.5 Å². The van der Waals surface area contributed by atoms with E-state index >= 15 is 0 Å². The Hall–Kier alpha value is -0.980. The van der Waals surface area contributed by atoms with Crippen LogP contribution in [0.15, 0.2) is 35.3 Å². The van der Waals surface area contributed by atoms with Gasteiger partial charge in [-0.3, -0.25) is 0 Å². The third-order valence-corrected chi connectivity index (χ3v) is 2.44. The minimum Gasteiger partial charge on any atom is -0.489 e. The normalized spacial score (nSPS) is 12.4. The number of para-hydroxylation sites is 1. The first-order chi connectivity index (χ1) is 8.72. The molecule has 1 aromatic carbocycles. The lowest BCUT2D eigenvalue weighted by Crippen LogP contribution is -2.33.